The smallest absolute Gasteiger partial charge is 0.141 e. The van der Waals surface area contributed by atoms with Crippen molar-refractivity contribution in [2.45, 2.75) is 32.9 Å². The van der Waals surface area contributed by atoms with Crippen molar-refractivity contribution in [2.75, 3.05) is 6.54 Å². The molecular formula is C14H18BrFN4. The topological polar surface area (TPSA) is 42.7 Å². The van der Waals surface area contributed by atoms with Gasteiger partial charge in [-0.25, -0.2) is 4.39 Å². The third kappa shape index (κ3) is 3.24. The fourth-order valence-electron chi connectivity index (χ4n) is 2.16. The average Bonchev–Trinajstić information content (AvgIpc) is 2.81. The van der Waals surface area contributed by atoms with Crippen LogP contribution in [0.4, 0.5) is 4.39 Å². The Morgan fingerprint density at radius 1 is 1.35 bits per heavy atom. The van der Waals surface area contributed by atoms with E-state index in [9.17, 15) is 4.39 Å². The Kier molecular flexibility index (Phi) is 5.25. The molecule has 20 heavy (non-hydrogen) atoms. The normalized spacial score (nSPS) is 12.6. The fraction of sp³-hybridized carbons (Fsp3) is 0.429. The Morgan fingerprint density at radius 2 is 2.15 bits per heavy atom. The number of pyridine rings is 1. The summed E-state index contributed by atoms with van der Waals surface area (Å²) in [5.74, 6) is -0.329. The predicted octanol–water partition coefficient (Wildman–Crippen LogP) is 3.29. The quantitative estimate of drug-likeness (QED) is 0.877. The highest BCUT2D eigenvalue weighted by Crippen LogP contribution is 2.28. The van der Waals surface area contributed by atoms with Crippen molar-refractivity contribution >= 4 is 15.9 Å². The van der Waals surface area contributed by atoms with Gasteiger partial charge >= 0.3 is 0 Å². The SMILES string of the molecule is CCCNC(c1cncc(F)c1)c1c(Br)cnn1CC. The van der Waals surface area contributed by atoms with E-state index >= 15 is 0 Å². The average molecular weight is 341 g/mol. The molecule has 4 nitrogen and oxygen atoms in total. The number of aryl methyl sites for hydroxylation is 1. The molecule has 0 saturated carbocycles. The van der Waals surface area contributed by atoms with E-state index < -0.39 is 0 Å². The van der Waals surface area contributed by atoms with Crippen LogP contribution in [0.25, 0.3) is 0 Å². The minimum Gasteiger partial charge on any atom is -0.305 e. The molecule has 2 aromatic rings. The fourth-order valence-corrected chi connectivity index (χ4v) is 2.68. The van der Waals surface area contributed by atoms with Gasteiger partial charge in [0.25, 0.3) is 0 Å². The highest BCUT2D eigenvalue weighted by Gasteiger charge is 2.21. The summed E-state index contributed by atoms with van der Waals surface area (Å²) in [6.07, 6.45) is 5.67. The first kappa shape index (κ1) is 15.1. The van der Waals surface area contributed by atoms with Gasteiger partial charge in [-0.1, -0.05) is 6.92 Å². The van der Waals surface area contributed by atoms with Gasteiger partial charge in [0, 0.05) is 12.7 Å². The van der Waals surface area contributed by atoms with E-state index in [4.69, 9.17) is 0 Å². The third-order valence-electron chi connectivity index (χ3n) is 3.06. The minimum atomic E-state index is -0.329. The Balaban J connectivity index is 2.44. The standard InChI is InChI=1S/C14H18BrFN4/c1-3-5-18-13(10-6-11(16)8-17-7-10)14-12(15)9-19-20(14)4-2/h6-9,13,18H,3-5H2,1-2H3. The molecule has 0 aromatic carbocycles. The van der Waals surface area contributed by atoms with Gasteiger partial charge in [-0.2, -0.15) is 5.10 Å². The lowest BCUT2D eigenvalue weighted by atomic mass is 10.1. The number of nitrogens with zero attached hydrogens (tertiary/aromatic N) is 3. The van der Waals surface area contributed by atoms with Gasteiger partial charge in [0.05, 0.1) is 28.6 Å². The van der Waals surface area contributed by atoms with Gasteiger partial charge < -0.3 is 5.32 Å². The molecule has 2 heterocycles. The number of aromatic nitrogens is 3. The summed E-state index contributed by atoms with van der Waals surface area (Å²) in [6.45, 7) is 5.72. The first-order chi connectivity index (χ1) is 9.67. The van der Waals surface area contributed by atoms with Gasteiger partial charge in [-0.15, -0.1) is 0 Å². The van der Waals surface area contributed by atoms with Crippen LogP contribution in [0.5, 0.6) is 0 Å². The number of hydrogen-bond acceptors (Lipinski definition) is 3. The van der Waals surface area contributed by atoms with Crippen LogP contribution in [0.3, 0.4) is 0 Å². The number of hydrogen-bond donors (Lipinski definition) is 1. The van der Waals surface area contributed by atoms with Crippen molar-refractivity contribution in [3.05, 3.63) is 46.2 Å². The molecule has 108 valence electrons. The summed E-state index contributed by atoms with van der Waals surface area (Å²) in [5, 5.41) is 7.76. The number of nitrogens with one attached hydrogen (secondary N) is 1. The molecule has 1 atom stereocenters. The van der Waals surface area contributed by atoms with Crippen LogP contribution in [-0.2, 0) is 6.54 Å². The van der Waals surface area contributed by atoms with Gasteiger partial charge in [-0.05, 0) is 47.4 Å². The molecule has 1 unspecified atom stereocenters. The van der Waals surface area contributed by atoms with Crippen molar-refractivity contribution in [1.82, 2.24) is 20.1 Å². The maximum Gasteiger partial charge on any atom is 0.141 e. The molecule has 0 amide bonds. The van der Waals surface area contributed by atoms with Crippen molar-refractivity contribution < 1.29 is 4.39 Å². The van der Waals surface area contributed by atoms with E-state index in [0.717, 1.165) is 35.2 Å². The molecule has 2 rings (SSSR count). The van der Waals surface area contributed by atoms with Gasteiger partial charge in [0.1, 0.15) is 5.82 Å². The predicted molar refractivity (Wildman–Crippen MR) is 79.9 cm³/mol. The summed E-state index contributed by atoms with van der Waals surface area (Å²) < 4.78 is 16.3. The molecule has 0 spiro atoms. The lowest BCUT2D eigenvalue weighted by Gasteiger charge is -2.20. The van der Waals surface area contributed by atoms with E-state index in [1.165, 1.54) is 12.3 Å². The zero-order chi connectivity index (χ0) is 14.5. The van der Waals surface area contributed by atoms with Crippen LogP contribution in [-0.4, -0.2) is 21.3 Å². The zero-order valence-electron chi connectivity index (χ0n) is 11.6. The number of halogens is 2. The summed E-state index contributed by atoms with van der Waals surface area (Å²) in [6, 6.07) is 1.38. The van der Waals surface area contributed by atoms with Crippen molar-refractivity contribution in [2.24, 2.45) is 0 Å². The molecule has 0 aliphatic carbocycles. The Hall–Kier alpha value is -1.27. The first-order valence-corrected chi connectivity index (χ1v) is 7.51. The maximum absolute atomic E-state index is 13.4. The van der Waals surface area contributed by atoms with Crippen molar-refractivity contribution in [3.8, 4) is 0 Å². The molecule has 6 heteroatoms. The van der Waals surface area contributed by atoms with E-state index in [0.29, 0.717) is 0 Å². The molecule has 1 N–H and O–H groups in total. The van der Waals surface area contributed by atoms with Gasteiger partial charge in [-0.3, -0.25) is 9.67 Å². The Labute approximate surface area is 126 Å². The summed E-state index contributed by atoms with van der Waals surface area (Å²) >= 11 is 3.53. The van der Waals surface area contributed by atoms with Crippen LogP contribution >= 0.6 is 15.9 Å². The lowest BCUT2D eigenvalue weighted by Crippen LogP contribution is -2.26. The summed E-state index contributed by atoms with van der Waals surface area (Å²) in [4.78, 5) is 3.95. The first-order valence-electron chi connectivity index (χ1n) is 6.72. The second kappa shape index (κ2) is 6.95. The zero-order valence-corrected chi connectivity index (χ0v) is 13.2. The highest BCUT2D eigenvalue weighted by atomic mass is 79.9. The second-order valence-corrected chi connectivity index (χ2v) is 5.37. The molecule has 0 fully saturated rings. The Morgan fingerprint density at radius 3 is 2.80 bits per heavy atom. The van der Waals surface area contributed by atoms with E-state index in [1.807, 2.05) is 11.6 Å². The van der Waals surface area contributed by atoms with E-state index in [1.54, 1.807) is 12.4 Å². The van der Waals surface area contributed by atoms with E-state index in [-0.39, 0.29) is 11.9 Å². The molecular weight excluding hydrogens is 323 g/mol. The van der Waals surface area contributed by atoms with Crippen LogP contribution in [0.15, 0.2) is 29.1 Å². The molecule has 0 bridgehead atoms. The molecule has 0 saturated heterocycles. The largest absolute Gasteiger partial charge is 0.305 e. The summed E-state index contributed by atoms with van der Waals surface area (Å²) in [5.41, 5.74) is 1.79. The maximum atomic E-state index is 13.4. The second-order valence-electron chi connectivity index (χ2n) is 4.52. The highest BCUT2D eigenvalue weighted by molar-refractivity contribution is 9.10. The minimum absolute atomic E-state index is 0.130. The van der Waals surface area contributed by atoms with Crippen molar-refractivity contribution in [3.63, 3.8) is 0 Å². The molecule has 0 aliphatic heterocycles. The van der Waals surface area contributed by atoms with Crippen molar-refractivity contribution in [1.29, 1.82) is 0 Å². The monoisotopic (exact) mass is 340 g/mol. The van der Waals surface area contributed by atoms with Crippen LogP contribution in [0.1, 0.15) is 37.6 Å². The Bertz CT molecular complexity index is 570. The van der Waals surface area contributed by atoms with Crippen LogP contribution < -0.4 is 5.32 Å². The summed E-state index contributed by atoms with van der Waals surface area (Å²) in [7, 11) is 0. The van der Waals surface area contributed by atoms with Crippen LogP contribution in [0, 0.1) is 5.82 Å². The molecule has 0 aliphatic rings. The molecule has 2 aromatic heterocycles. The van der Waals surface area contributed by atoms with E-state index in [2.05, 4.69) is 38.3 Å². The van der Waals surface area contributed by atoms with Crippen LogP contribution in [0.2, 0.25) is 0 Å². The third-order valence-corrected chi connectivity index (χ3v) is 3.68. The molecule has 0 radical (unpaired) electrons. The number of rotatable bonds is 6. The van der Waals surface area contributed by atoms with Gasteiger partial charge in [0.15, 0.2) is 0 Å². The lowest BCUT2D eigenvalue weighted by molar-refractivity contribution is 0.523. The van der Waals surface area contributed by atoms with Gasteiger partial charge in [0.2, 0.25) is 0 Å².